The molecule has 1 aromatic heterocycles. The van der Waals surface area contributed by atoms with Gasteiger partial charge >= 0.3 is 0 Å². The number of fused-ring (bicyclic) bond motifs is 1. The smallest absolute Gasteiger partial charge is 0.0831 e. The highest BCUT2D eigenvalue weighted by Gasteiger charge is 2.25. The summed E-state index contributed by atoms with van der Waals surface area (Å²) in [4.78, 5) is 4.41. The van der Waals surface area contributed by atoms with E-state index >= 15 is 0 Å². The van der Waals surface area contributed by atoms with Gasteiger partial charge < -0.3 is 11.2 Å². The van der Waals surface area contributed by atoms with Gasteiger partial charge in [-0.15, -0.1) is 0 Å². The topological polar surface area (TPSA) is 54.2 Å². The van der Waals surface area contributed by atoms with Crippen LogP contribution in [0.3, 0.4) is 0 Å². The molecule has 0 spiro atoms. The highest BCUT2D eigenvalue weighted by Crippen LogP contribution is 2.32. The zero-order valence-corrected chi connectivity index (χ0v) is 14.0. The van der Waals surface area contributed by atoms with Crippen LogP contribution in [0.15, 0.2) is 28.9 Å². The van der Waals surface area contributed by atoms with E-state index in [4.69, 9.17) is 5.73 Å². The lowest BCUT2D eigenvalue weighted by molar-refractivity contribution is 0.136. The van der Waals surface area contributed by atoms with Gasteiger partial charge in [-0.1, -0.05) is 22.4 Å². The molecule has 0 amide bonds. The van der Waals surface area contributed by atoms with E-state index in [1.54, 1.807) is 6.20 Å². The average Bonchev–Trinajstić information content (AvgIpc) is 2.45. The fourth-order valence-corrected chi connectivity index (χ4v) is 3.44. The number of hydrogen-bond donors (Lipinski definition) is 2. The van der Waals surface area contributed by atoms with Gasteiger partial charge in [0.25, 0.3) is 0 Å². The van der Waals surface area contributed by atoms with Crippen LogP contribution in [-0.2, 0) is 0 Å². The van der Waals surface area contributed by atoms with E-state index in [2.05, 4.69) is 51.3 Å². The second-order valence-corrected chi connectivity index (χ2v) is 6.81. The van der Waals surface area contributed by atoms with Crippen LogP contribution in [0.1, 0.15) is 33.1 Å². The van der Waals surface area contributed by atoms with E-state index in [-0.39, 0.29) is 0 Å². The summed E-state index contributed by atoms with van der Waals surface area (Å²) in [6, 6.07) is 7.08. The van der Waals surface area contributed by atoms with Crippen LogP contribution in [-0.4, -0.2) is 22.1 Å². The van der Waals surface area contributed by atoms with Crippen molar-refractivity contribution >= 4 is 38.2 Å². The first-order valence-corrected chi connectivity index (χ1v) is 8.24. The summed E-state index contributed by atoms with van der Waals surface area (Å²) in [5, 5.41) is 3.38. The third kappa shape index (κ3) is 2.85. The molecule has 4 nitrogen and oxygen atoms in total. The molecule has 1 saturated heterocycles. The van der Waals surface area contributed by atoms with Crippen molar-refractivity contribution in [3.8, 4) is 0 Å². The quantitative estimate of drug-likeness (QED) is 0.855. The molecular formula is C16H21BrN4. The van der Waals surface area contributed by atoms with Crippen LogP contribution in [0.5, 0.6) is 0 Å². The Morgan fingerprint density at radius 1 is 1.29 bits per heavy atom. The number of hydrogen-bond acceptors (Lipinski definition) is 4. The maximum Gasteiger partial charge on any atom is 0.0831 e. The molecule has 0 bridgehead atoms. The van der Waals surface area contributed by atoms with E-state index in [0.29, 0.717) is 17.8 Å². The molecule has 2 aromatic rings. The Morgan fingerprint density at radius 2 is 2.00 bits per heavy atom. The molecule has 0 saturated carbocycles. The van der Waals surface area contributed by atoms with E-state index in [0.717, 1.165) is 21.1 Å². The summed E-state index contributed by atoms with van der Waals surface area (Å²) in [6.07, 6.45) is 5.45. The Labute approximate surface area is 133 Å². The number of nitrogens with zero attached hydrogens (tertiary/aromatic N) is 2. The molecule has 0 aliphatic carbocycles. The van der Waals surface area contributed by atoms with E-state index in [1.165, 1.54) is 19.3 Å². The lowest BCUT2D eigenvalue weighted by atomic mass is 10.00. The number of anilines is 2. The van der Waals surface area contributed by atoms with Crippen molar-refractivity contribution in [2.24, 2.45) is 0 Å². The minimum Gasteiger partial charge on any atom is -0.396 e. The summed E-state index contributed by atoms with van der Waals surface area (Å²) in [6.45, 7) is 4.52. The molecular weight excluding hydrogens is 328 g/mol. The fraction of sp³-hybridized carbons (Fsp3) is 0.438. The highest BCUT2D eigenvalue weighted by atomic mass is 79.9. The van der Waals surface area contributed by atoms with Gasteiger partial charge in [0.05, 0.1) is 23.1 Å². The first-order valence-electron chi connectivity index (χ1n) is 7.45. The second-order valence-electron chi connectivity index (χ2n) is 5.90. The van der Waals surface area contributed by atoms with Crippen molar-refractivity contribution in [2.45, 2.75) is 45.2 Å². The standard InChI is InChI=1S/C16H21BrN4/c1-10-4-3-5-11(2)21(10)20-16-13-8-12(17)6-7-15(13)19-9-14(16)18/h6-11H,3-5,18H2,1-2H3,(H,19,20). The third-order valence-corrected chi connectivity index (χ3v) is 4.79. The van der Waals surface area contributed by atoms with Gasteiger partial charge in [0.2, 0.25) is 0 Å². The van der Waals surface area contributed by atoms with Crippen LogP contribution < -0.4 is 11.2 Å². The molecule has 3 N–H and O–H groups in total. The number of piperidine rings is 1. The second kappa shape index (κ2) is 5.81. The minimum absolute atomic E-state index is 0.503. The molecule has 0 radical (unpaired) electrons. The molecule has 1 fully saturated rings. The Kier molecular flexibility index (Phi) is 4.04. The molecule has 5 heteroatoms. The molecule has 112 valence electrons. The summed E-state index contributed by atoms with van der Waals surface area (Å²) < 4.78 is 1.03. The van der Waals surface area contributed by atoms with E-state index in [1.807, 2.05) is 12.1 Å². The van der Waals surface area contributed by atoms with Crippen molar-refractivity contribution in [1.82, 2.24) is 9.99 Å². The van der Waals surface area contributed by atoms with Crippen molar-refractivity contribution in [1.29, 1.82) is 0 Å². The van der Waals surface area contributed by atoms with Crippen molar-refractivity contribution in [3.63, 3.8) is 0 Å². The summed E-state index contributed by atoms with van der Waals surface area (Å²) >= 11 is 3.53. The number of pyridine rings is 1. The third-order valence-electron chi connectivity index (χ3n) is 4.29. The highest BCUT2D eigenvalue weighted by molar-refractivity contribution is 9.10. The van der Waals surface area contributed by atoms with Crippen molar-refractivity contribution < 1.29 is 0 Å². The summed E-state index contributed by atoms with van der Waals surface area (Å²) in [5.74, 6) is 0. The van der Waals surface area contributed by atoms with Crippen LogP contribution >= 0.6 is 15.9 Å². The normalized spacial score (nSPS) is 23.4. The predicted octanol–water partition coefficient (Wildman–Crippen LogP) is 4.17. The van der Waals surface area contributed by atoms with Gasteiger partial charge in [-0.25, -0.2) is 5.01 Å². The number of benzene rings is 1. The van der Waals surface area contributed by atoms with Crippen LogP contribution in [0.4, 0.5) is 11.4 Å². The number of nitrogens with two attached hydrogens (primary N) is 1. The number of hydrazine groups is 1. The molecule has 3 rings (SSSR count). The Balaban J connectivity index is 2.03. The number of halogens is 1. The molecule has 1 aliphatic rings. The van der Waals surface area contributed by atoms with Crippen LogP contribution in [0, 0.1) is 0 Å². The largest absolute Gasteiger partial charge is 0.396 e. The zero-order valence-electron chi connectivity index (χ0n) is 12.4. The van der Waals surface area contributed by atoms with Crippen molar-refractivity contribution in [3.05, 3.63) is 28.9 Å². The van der Waals surface area contributed by atoms with Crippen LogP contribution in [0.25, 0.3) is 10.9 Å². The Morgan fingerprint density at radius 3 is 2.71 bits per heavy atom. The van der Waals surface area contributed by atoms with Gasteiger partial charge in [0, 0.05) is 21.9 Å². The van der Waals surface area contributed by atoms with Gasteiger partial charge in [-0.05, 0) is 44.9 Å². The van der Waals surface area contributed by atoms with Crippen molar-refractivity contribution in [2.75, 3.05) is 11.2 Å². The number of nitrogens with one attached hydrogen (secondary N) is 1. The molecule has 1 aromatic carbocycles. The maximum absolute atomic E-state index is 6.18. The summed E-state index contributed by atoms with van der Waals surface area (Å²) in [7, 11) is 0. The summed E-state index contributed by atoms with van der Waals surface area (Å²) in [5.41, 5.74) is 12.3. The SMILES string of the molecule is CC1CCCC(C)N1Nc1c(N)cnc2ccc(Br)cc12. The molecule has 1 aliphatic heterocycles. The predicted molar refractivity (Wildman–Crippen MR) is 92.1 cm³/mol. The Hall–Kier alpha value is -1.33. The number of aromatic nitrogens is 1. The maximum atomic E-state index is 6.18. The van der Waals surface area contributed by atoms with Gasteiger partial charge in [0.15, 0.2) is 0 Å². The van der Waals surface area contributed by atoms with Gasteiger partial charge in [0.1, 0.15) is 0 Å². The zero-order chi connectivity index (χ0) is 15.0. The molecule has 21 heavy (non-hydrogen) atoms. The number of nitrogen functional groups attached to an aromatic ring is 1. The monoisotopic (exact) mass is 348 g/mol. The number of rotatable bonds is 2. The van der Waals surface area contributed by atoms with Gasteiger partial charge in [-0.2, -0.15) is 0 Å². The average molecular weight is 349 g/mol. The lowest BCUT2D eigenvalue weighted by Gasteiger charge is -2.39. The van der Waals surface area contributed by atoms with Crippen LogP contribution in [0.2, 0.25) is 0 Å². The first kappa shape index (κ1) is 14.6. The lowest BCUT2D eigenvalue weighted by Crippen LogP contribution is -2.47. The Bertz CT molecular complexity index is 643. The van der Waals surface area contributed by atoms with Gasteiger partial charge in [-0.3, -0.25) is 4.98 Å². The fourth-order valence-electron chi connectivity index (χ4n) is 3.08. The van der Waals surface area contributed by atoms with E-state index in [9.17, 15) is 0 Å². The molecule has 2 atom stereocenters. The van der Waals surface area contributed by atoms with E-state index < -0.39 is 0 Å². The minimum atomic E-state index is 0.503. The molecule has 2 heterocycles. The first-order chi connectivity index (χ1) is 10.1. The molecule has 2 unspecified atom stereocenters.